The first kappa shape index (κ1) is 15.4. The van der Waals surface area contributed by atoms with Crippen LogP contribution in [-0.2, 0) is 11.2 Å². The fourth-order valence-corrected chi connectivity index (χ4v) is 2.55. The number of rotatable bonds is 5. The highest BCUT2D eigenvalue weighted by atomic mass is 16.4. The number of carbonyl (C=O) groups excluding carboxylic acids is 1. The van der Waals surface area contributed by atoms with Gasteiger partial charge in [0.25, 0.3) is 0 Å². The average molecular weight is 294 g/mol. The van der Waals surface area contributed by atoms with Crippen LogP contribution in [-0.4, -0.2) is 41.1 Å². The summed E-state index contributed by atoms with van der Waals surface area (Å²) in [6.45, 7) is 2.87. The summed E-state index contributed by atoms with van der Waals surface area (Å²) in [5, 5.41) is 12.0. The van der Waals surface area contributed by atoms with Crippen LogP contribution in [0, 0.1) is 5.92 Å². The third-order valence-electron chi connectivity index (χ3n) is 3.83. The van der Waals surface area contributed by atoms with Crippen LogP contribution < -0.4 is 5.32 Å². The van der Waals surface area contributed by atoms with Gasteiger partial charge in [-0.05, 0) is 38.3 Å². The first-order chi connectivity index (χ1) is 10.1. The second-order valence-electron chi connectivity index (χ2n) is 5.59. The molecule has 2 rings (SSSR count). The van der Waals surface area contributed by atoms with E-state index >= 15 is 0 Å². The van der Waals surface area contributed by atoms with Gasteiger partial charge >= 0.3 is 12.0 Å². The number of amides is 2. The van der Waals surface area contributed by atoms with Gasteiger partial charge in [0.2, 0.25) is 0 Å². The lowest BCUT2D eigenvalue weighted by Crippen LogP contribution is -2.49. The van der Waals surface area contributed by atoms with Gasteiger partial charge in [-0.2, -0.15) is 0 Å². The zero-order valence-electron chi connectivity index (χ0n) is 12.2. The van der Waals surface area contributed by atoms with E-state index in [4.69, 9.17) is 9.52 Å². The number of nitrogens with one attached hydrogen (secondary N) is 1. The predicted molar refractivity (Wildman–Crippen MR) is 77.0 cm³/mol. The maximum atomic E-state index is 12.1. The van der Waals surface area contributed by atoms with Crippen molar-refractivity contribution in [2.75, 3.05) is 13.1 Å². The molecule has 1 aliphatic rings. The Labute approximate surface area is 124 Å². The van der Waals surface area contributed by atoms with Crippen LogP contribution in [0.4, 0.5) is 4.79 Å². The van der Waals surface area contributed by atoms with E-state index in [9.17, 15) is 9.59 Å². The molecular weight excluding hydrogens is 272 g/mol. The van der Waals surface area contributed by atoms with Crippen molar-refractivity contribution >= 4 is 12.0 Å². The molecule has 2 N–H and O–H groups in total. The van der Waals surface area contributed by atoms with Crippen LogP contribution in [0.15, 0.2) is 22.8 Å². The van der Waals surface area contributed by atoms with E-state index in [0.29, 0.717) is 19.5 Å². The molecule has 2 heterocycles. The predicted octanol–water partition coefficient (Wildman–Crippen LogP) is 2.11. The molecule has 1 aromatic rings. The number of urea groups is 1. The van der Waals surface area contributed by atoms with Crippen molar-refractivity contribution < 1.29 is 19.1 Å². The minimum absolute atomic E-state index is 0.0211. The molecule has 2 atom stereocenters. The number of nitrogens with zero attached hydrogens (tertiary/aromatic N) is 1. The van der Waals surface area contributed by atoms with Gasteiger partial charge in [-0.25, -0.2) is 4.79 Å². The molecule has 116 valence electrons. The molecule has 0 bridgehead atoms. The number of carboxylic acids is 1. The Bertz CT molecular complexity index is 472. The Hall–Kier alpha value is -1.98. The van der Waals surface area contributed by atoms with Crippen molar-refractivity contribution in [3.05, 3.63) is 24.2 Å². The molecule has 0 saturated carbocycles. The summed E-state index contributed by atoms with van der Waals surface area (Å²) in [7, 11) is 0. The molecular formula is C15H22N2O4. The third kappa shape index (κ3) is 4.51. The van der Waals surface area contributed by atoms with Crippen molar-refractivity contribution in [3.8, 4) is 0 Å². The van der Waals surface area contributed by atoms with E-state index in [-0.39, 0.29) is 12.1 Å². The van der Waals surface area contributed by atoms with Crippen molar-refractivity contribution in [2.24, 2.45) is 5.92 Å². The number of furan rings is 1. The first-order valence-electron chi connectivity index (χ1n) is 7.37. The molecule has 6 nitrogen and oxygen atoms in total. The number of hydrogen-bond donors (Lipinski definition) is 2. The summed E-state index contributed by atoms with van der Waals surface area (Å²) < 4.78 is 5.26. The number of carbonyl (C=O) groups is 2. The van der Waals surface area contributed by atoms with E-state index in [0.717, 1.165) is 25.0 Å². The van der Waals surface area contributed by atoms with E-state index in [2.05, 4.69) is 5.32 Å². The first-order valence-corrected chi connectivity index (χ1v) is 7.37. The number of likely N-dealkylation sites (tertiary alicyclic amines) is 1. The molecule has 1 fully saturated rings. The third-order valence-corrected chi connectivity index (χ3v) is 3.83. The van der Waals surface area contributed by atoms with Gasteiger partial charge in [0, 0.05) is 25.6 Å². The standard InChI is InChI=1S/C15H22N2O4/c1-11(6-7-13-5-3-9-21-13)16-15(20)17-8-2-4-12(10-17)14(18)19/h3,5,9,11-12H,2,4,6-8,10H2,1H3,(H,16,20)(H,18,19). The number of aryl methyl sites for hydroxylation is 1. The van der Waals surface area contributed by atoms with E-state index in [1.54, 1.807) is 11.2 Å². The SMILES string of the molecule is CC(CCc1ccco1)NC(=O)N1CCCC(C(=O)O)C1. The summed E-state index contributed by atoms with van der Waals surface area (Å²) in [4.78, 5) is 24.7. The minimum atomic E-state index is -0.821. The second-order valence-corrected chi connectivity index (χ2v) is 5.59. The highest BCUT2D eigenvalue weighted by Gasteiger charge is 2.28. The fourth-order valence-electron chi connectivity index (χ4n) is 2.55. The lowest BCUT2D eigenvalue weighted by atomic mass is 9.99. The van der Waals surface area contributed by atoms with Crippen molar-refractivity contribution in [2.45, 2.75) is 38.6 Å². The summed E-state index contributed by atoms with van der Waals surface area (Å²) in [6, 6.07) is 3.61. The molecule has 1 saturated heterocycles. The molecule has 21 heavy (non-hydrogen) atoms. The number of hydrogen-bond acceptors (Lipinski definition) is 3. The highest BCUT2D eigenvalue weighted by Crippen LogP contribution is 2.16. The molecule has 0 radical (unpaired) electrons. The second kappa shape index (κ2) is 7.15. The zero-order valence-corrected chi connectivity index (χ0v) is 12.2. The van der Waals surface area contributed by atoms with Gasteiger partial charge in [0.15, 0.2) is 0 Å². The molecule has 0 aliphatic carbocycles. The quantitative estimate of drug-likeness (QED) is 0.871. The molecule has 2 amide bonds. The normalized spacial score (nSPS) is 20.0. The summed E-state index contributed by atoms with van der Waals surface area (Å²) in [5.41, 5.74) is 0. The smallest absolute Gasteiger partial charge is 0.317 e. The molecule has 1 aromatic heterocycles. The molecule has 0 aromatic carbocycles. The van der Waals surface area contributed by atoms with Crippen LogP contribution in [0.1, 0.15) is 31.9 Å². The Morgan fingerprint density at radius 1 is 1.57 bits per heavy atom. The van der Waals surface area contributed by atoms with Gasteiger partial charge in [0.1, 0.15) is 5.76 Å². The lowest BCUT2D eigenvalue weighted by Gasteiger charge is -2.31. The van der Waals surface area contributed by atoms with Gasteiger partial charge in [-0.3, -0.25) is 4.79 Å². The molecule has 6 heteroatoms. The van der Waals surface area contributed by atoms with Gasteiger partial charge in [-0.15, -0.1) is 0 Å². The van der Waals surface area contributed by atoms with Crippen molar-refractivity contribution in [1.82, 2.24) is 10.2 Å². The van der Waals surface area contributed by atoms with Crippen LogP contribution in [0.3, 0.4) is 0 Å². The summed E-state index contributed by atoms with van der Waals surface area (Å²) >= 11 is 0. The maximum absolute atomic E-state index is 12.1. The monoisotopic (exact) mass is 294 g/mol. The maximum Gasteiger partial charge on any atom is 0.317 e. The van der Waals surface area contributed by atoms with Crippen LogP contribution in [0.25, 0.3) is 0 Å². The van der Waals surface area contributed by atoms with Gasteiger partial charge in [0.05, 0.1) is 12.2 Å². The molecule has 0 spiro atoms. The van der Waals surface area contributed by atoms with Crippen LogP contribution in [0.2, 0.25) is 0 Å². The Kier molecular flexibility index (Phi) is 5.25. The minimum Gasteiger partial charge on any atom is -0.481 e. The van der Waals surface area contributed by atoms with Gasteiger partial charge < -0.3 is 19.7 Å². The fraction of sp³-hybridized carbons (Fsp3) is 0.600. The zero-order chi connectivity index (χ0) is 15.2. The van der Waals surface area contributed by atoms with E-state index < -0.39 is 11.9 Å². The molecule has 2 unspecified atom stereocenters. The Balaban J connectivity index is 1.76. The van der Waals surface area contributed by atoms with Crippen molar-refractivity contribution in [3.63, 3.8) is 0 Å². The Morgan fingerprint density at radius 3 is 3.05 bits per heavy atom. The lowest BCUT2D eigenvalue weighted by molar-refractivity contribution is -0.143. The van der Waals surface area contributed by atoms with Crippen LogP contribution >= 0.6 is 0 Å². The van der Waals surface area contributed by atoms with E-state index in [1.807, 2.05) is 19.1 Å². The summed E-state index contributed by atoms with van der Waals surface area (Å²) in [6.07, 6.45) is 4.58. The van der Waals surface area contributed by atoms with Crippen molar-refractivity contribution in [1.29, 1.82) is 0 Å². The largest absolute Gasteiger partial charge is 0.481 e. The average Bonchev–Trinajstić information content (AvgIpc) is 2.98. The summed E-state index contributed by atoms with van der Waals surface area (Å²) in [5.74, 6) is -0.360. The topological polar surface area (TPSA) is 82.8 Å². The van der Waals surface area contributed by atoms with Crippen LogP contribution in [0.5, 0.6) is 0 Å². The highest BCUT2D eigenvalue weighted by molar-refractivity contribution is 5.76. The number of carboxylic acid groups (broad SMARTS) is 1. The van der Waals surface area contributed by atoms with E-state index in [1.165, 1.54) is 0 Å². The molecule has 1 aliphatic heterocycles. The number of piperidine rings is 1. The van der Waals surface area contributed by atoms with Gasteiger partial charge in [-0.1, -0.05) is 0 Å². The number of aliphatic carboxylic acids is 1. The Morgan fingerprint density at radius 2 is 2.38 bits per heavy atom.